The molecule has 0 spiro atoms. The van der Waals surface area contributed by atoms with Gasteiger partial charge < -0.3 is 10.1 Å². The van der Waals surface area contributed by atoms with Gasteiger partial charge in [-0.2, -0.15) is 11.8 Å². The first kappa shape index (κ1) is 24.7. The van der Waals surface area contributed by atoms with E-state index in [0.717, 1.165) is 16.1 Å². The minimum absolute atomic E-state index is 0.382. The molecule has 2 rings (SSSR count). The zero-order valence-corrected chi connectivity index (χ0v) is 20.0. The highest BCUT2D eigenvalue weighted by Gasteiger charge is 2.28. The van der Waals surface area contributed by atoms with Crippen LogP contribution < -0.4 is 14.4 Å². The number of rotatable bonds is 10. The van der Waals surface area contributed by atoms with Crippen molar-refractivity contribution >= 4 is 56.6 Å². The predicted molar refractivity (Wildman–Crippen MR) is 125 cm³/mol. The molecule has 6 nitrogen and oxygen atoms in total. The van der Waals surface area contributed by atoms with Crippen molar-refractivity contribution in [3.8, 4) is 5.75 Å². The van der Waals surface area contributed by atoms with Crippen molar-refractivity contribution in [2.24, 2.45) is 0 Å². The van der Waals surface area contributed by atoms with Gasteiger partial charge in [0.05, 0.1) is 19.1 Å². The fourth-order valence-electron chi connectivity index (χ4n) is 2.78. The van der Waals surface area contributed by atoms with Crippen LogP contribution in [-0.4, -0.2) is 46.0 Å². The van der Waals surface area contributed by atoms with Gasteiger partial charge in [0.15, 0.2) is 0 Å². The van der Waals surface area contributed by atoms with Gasteiger partial charge in [0.2, 0.25) is 15.9 Å². The van der Waals surface area contributed by atoms with Crippen LogP contribution in [0.4, 0.5) is 5.69 Å². The van der Waals surface area contributed by atoms with Crippen LogP contribution in [0, 0.1) is 0 Å². The number of carbonyl (C=O) groups is 1. The van der Waals surface area contributed by atoms with E-state index in [1.807, 2.05) is 0 Å². The monoisotopic (exact) mass is 490 g/mol. The third-order valence-corrected chi connectivity index (χ3v) is 7.20. The molecule has 0 fully saturated rings. The van der Waals surface area contributed by atoms with E-state index in [-0.39, 0.29) is 5.91 Å². The van der Waals surface area contributed by atoms with E-state index in [2.05, 4.69) is 5.32 Å². The molecule has 1 amide bonds. The Morgan fingerprint density at radius 3 is 2.30 bits per heavy atom. The van der Waals surface area contributed by atoms with Gasteiger partial charge in [-0.15, -0.1) is 0 Å². The third-order valence-electron chi connectivity index (χ3n) is 4.27. The topological polar surface area (TPSA) is 75.7 Å². The lowest BCUT2D eigenvalue weighted by Gasteiger charge is -2.28. The number of nitrogens with zero attached hydrogens (tertiary/aromatic N) is 1. The first-order chi connectivity index (χ1) is 14.1. The molecule has 164 valence electrons. The molecule has 10 heteroatoms. The lowest BCUT2D eigenvalue weighted by Crippen LogP contribution is -2.48. The van der Waals surface area contributed by atoms with E-state index in [4.69, 9.17) is 27.9 Å². The first-order valence-electron chi connectivity index (χ1n) is 9.07. The fraction of sp³-hybridized carbons (Fsp3) is 0.350. The quantitative estimate of drug-likeness (QED) is 0.504. The van der Waals surface area contributed by atoms with Crippen molar-refractivity contribution in [3.05, 3.63) is 58.1 Å². The van der Waals surface area contributed by atoms with Crippen LogP contribution in [0.5, 0.6) is 5.75 Å². The van der Waals surface area contributed by atoms with Gasteiger partial charge in [-0.25, -0.2) is 8.42 Å². The van der Waals surface area contributed by atoms with Crippen LogP contribution in [0.2, 0.25) is 10.0 Å². The molecule has 1 atom stereocenters. The van der Waals surface area contributed by atoms with Crippen LogP contribution in [-0.2, 0) is 20.6 Å². The molecule has 0 radical (unpaired) electrons. The Bertz CT molecular complexity index is 949. The Balaban J connectivity index is 1.93. The van der Waals surface area contributed by atoms with Crippen molar-refractivity contribution in [1.29, 1.82) is 0 Å². The van der Waals surface area contributed by atoms with Gasteiger partial charge in [0.1, 0.15) is 11.8 Å². The Morgan fingerprint density at radius 2 is 1.77 bits per heavy atom. The molecule has 0 aliphatic carbocycles. The van der Waals surface area contributed by atoms with Crippen LogP contribution >= 0.6 is 35.0 Å². The molecular formula is C20H24Cl2N2O4S2. The number of benzene rings is 2. The maximum absolute atomic E-state index is 12.6. The van der Waals surface area contributed by atoms with Gasteiger partial charge >= 0.3 is 0 Å². The zero-order valence-electron chi connectivity index (χ0n) is 16.9. The number of ether oxygens (including phenoxy) is 1. The second-order valence-electron chi connectivity index (χ2n) is 6.48. The van der Waals surface area contributed by atoms with Gasteiger partial charge in [0, 0.05) is 28.1 Å². The highest BCUT2D eigenvalue weighted by molar-refractivity contribution is 7.98. The minimum Gasteiger partial charge on any atom is -0.497 e. The van der Waals surface area contributed by atoms with Crippen LogP contribution in [0.15, 0.2) is 42.5 Å². The highest BCUT2D eigenvalue weighted by atomic mass is 35.5. The van der Waals surface area contributed by atoms with Crippen molar-refractivity contribution in [3.63, 3.8) is 0 Å². The van der Waals surface area contributed by atoms with Gasteiger partial charge in [-0.3, -0.25) is 9.10 Å². The molecule has 0 bridgehead atoms. The molecule has 1 N–H and O–H groups in total. The average Bonchev–Trinajstić information content (AvgIpc) is 2.69. The molecule has 30 heavy (non-hydrogen) atoms. The molecule has 0 aliphatic rings. The number of hydrogen-bond donors (Lipinski definition) is 1. The molecule has 2 aromatic rings. The summed E-state index contributed by atoms with van der Waals surface area (Å²) in [7, 11) is -2.14. The predicted octanol–water partition coefficient (Wildman–Crippen LogP) is 4.21. The summed E-state index contributed by atoms with van der Waals surface area (Å²) in [5.41, 5.74) is 1.25. The lowest BCUT2D eigenvalue weighted by molar-refractivity contribution is -0.121. The number of thioether (sulfide) groups is 1. The van der Waals surface area contributed by atoms with E-state index in [1.54, 1.807) is 61.2 Å². The van der Waals surface area contributed by atoms with Gasteiger partial charge in [0.25, 0.3) is 0 Å². The van der Waals surface area contributed by atoms with Crippen molar-refractivity contribution in [2.45, 2.75) is 18.7 Å². The SMILES string of the molecule is COc1ccc(N([C@H](C)C(=O)NCCSCc2c(Cl)cccc2Cl)S(C)(=O)=O)cc1. The maximum Gasteiger partial charge on any atom is 0.243 e. The summed E-state index contributed by atoms with van der Waals surface area (Å²) in [4.78, 5) is 12.6. The summed E-state index contributed by atoms with van der Waals surface area (Å²) in [5.74, 6) is 1.46. The van der Waals surface area contributed by atoms with E-state index in [0.29, 0.717) is 39.5 Å². The van der Waals surface area contributed by atoms with Crippen LogP contribution in [0.3, 0.4) is 0 Å². The van der Waals surface area contributed by atoms with Gasteiger partial charge in [-0.1, -0.05) is 29.3 Å². The number of sulfonamides is 1. The van der Waals surface area contributed by atoms with Crippen molar-refractivity contribution < 1.29 is 17.9 Å². The van der Waals surface area contributed by atoms with E-state index in [9.17, 15) is 13.2 Å². The number of amides is 1. The van der Waals surface area contributed by atoms with E-state index < -0.39 is 16.1 Å². The van der Waals surface area contributed by atoms with Gasteiger partial charge in [-0.05, 0) is 48.9 Å². The maximum atomic E-state index is 12.6. The van der Waals surface area contributed by atoms with Crippen molar-refractivity contribution in [2.75, 3.05) is 30.0 Å². The second-order valence-corrected chi connectivity index (χ2v) is 10.3. The molecule has 0 saturated carbocycles. The third kappa shape index (κ3) is 6.70. The second kappa shape index (κ2) is 11.1. The summed E-state index contributed by atoms with van der Waals surface area (Å²) < 4.78 is 30.8. The number of nitrogens with one attached hydrogen (secondary N) is 1. The molecule has 0 unspecified atom stereocenters. The van der Waals surface area contributed by atoms with Crippen molar-refractivity contribution in [1.82, 2.24) is 5.32 Å². The fourth-order valence-corrected chi connectivity index (χ4v) is 5.55. The van der Waals surface area contributed by atoms with E-state index in [1.165, 1.54) is 7.11 Å². The Kier molecular flexibility index (Phi) is 9.15. The Labute approximate surface area is 191 Å². The molecule has 2 aromatic carbocycles. The van der Waals surface area contributed by atoms with Crippen LogP contribution in [0.25, 0.3) is 0 Å². The summed E-state index contributed by atoms with van der Waals surface area (Å²) in [6, 6.07) is 11.0. The zero-order chi connectivity index (χ0) is 22.3. The Hall–Kier alpha value is -1.61. The largest absolute Gasteiger partial charge is 0.497 e. The summed E-state index contributed by atoms with van der Waals surface area (Å²) in [5, 5.41) is 4.00. The summed E-state index contributed by atoms with van der Waals surface area (Å²) in [6.45, 7) is 1.94. The molecule has 0 aliphatic heterocycles. The number of carbonyl (C=O) groups excluding carboxylic acids is 1. The number of anilines is 1. The first-order valence-corrected chi connectivity index (χ1v) is 12.8. The summed E-state index contributed by atoms with van der Waals surface area (Å²) in [6.07, 6.45) is 1.07. The molecule has 0 aromatic heterocycles. The number of halogens is 2. The highest BCUT2D eigenvalue weighted by Crippen LogP contribution is 2.28. The van der Waals surface area contributed by atoms with E-state index >= 15 is 0 Å². The minimum atomic E-state index is -3.67. The Morgan fingerprint density at radius 1 is 1.17 bits per heavy atom. The number of hydrogen-bond acceptors (Lipinski definition) is 5. The summed E-state index contributed by atoms with van der Waals surface area (Å²) >= 11 is 13.9. The van der Waals surface area contributed by atoms with Crippen LogP contribution in [0.1, 0.15) is 12.5 Å². The molecule has 0 saturated heterocycles. The number of methoxy groups -OCH3 is 1. The smallest absolute Gasteiger partial charge is 0.243 e. The standard InChI is InChI=1S/C20H24Cl2N2O4S2/c1-14(24(30(3,26)27)15-7-9-16(28-2)10-8-15)20(25)23-11-12-29-13-17-18(21)5-4-6-19(17)22/h4-10,14H,11-13H2,1-3H3,(H,23,25)/t14-/m1/s1. The average molecular weight is 491 g/mol. The lowest BCUT2D eigenvalue weighted by atomic mass is 10.2. The normalized spacial score (nSPS) is 12.3. The molecular weight excluding hydrogens is 467 g/mol. The molecule has 0 heterocycles.